The van der Waals surface area contributed by atoms with Crippen molar-refractivity contribution in [2.75, 3.05) is 39.3 Å². The Kier molecular flexibility index (Phi) is 2.88. The van der Waals surface area contributed by atoms with Gasteiger partial charge in [0.05, 0.1) is 0 Å². The van der Waals surface area contributed by atoms with E-state index in [1.165, 1.54) is 11.3 Å². The molecule has 0 aromatic rings. The summed E-state index contributed by atoms with van der Waals surface area (Å²) >= 11 is 0. The van der Waals surface area contributed by atoms with Crippen LogP contribution in [0.5, 0.6) is 0 Å². The molecule has 0 radical (unpaired) electrons. The van der Waals surface area contributed by atoms with Crippen molar-refractivity contribution >= 4 is 6.09 Å². The Labute approximate surface area is 83.7 Å². The van der Waals surface area contributed by atoms with Crippen molar-refractivity contribution in [3.63, 3.8) is 0 Å². The minimum absolute atomic E-state index is 0.631. The van der Waals surface area contributed by atoms with Crippen LogP contribution in [0.1, 0.15) is 6.42 Å². The third-order valence-corrected chi connectivity index (χ3v) is 3.14. The van der Waals surface area contributed by atoms with Crippen molar-refractivity contribution in [2.24, 2.45) is 0 Å². The summed E-state index contributed by atoms with van der Waals surface area (Å²) in [5.74, 6) is 0. The first kappa shape index (κ1) is 9.73. The molecule has 0 aliphatic carbocycles. The second-order valence-corrected chi connectivity index (χ2v) is 3.95. The van der Waals surface area contributed by atoms with E-state index in [4.69, 9.17) is 5.11 Å². The first-order valence-electron chi connectivity index (χ1n) is 5.20. The summed E-state index contributed by atoms with van der Waals surface area (Å²) in [7, 11) is 0. The largest absolute Gasteiger partial charge is 0.465 e. The van der Waals surface area contributed by atoms with Gasteiger partial charge in [0, 0.05) is 38.8 Å². The maximum Gasteiger partial charge on any atom is 0.407 e. The van der Waals surface area contributed by atoms with Crippen molar-refractivity contribution in [2.45, 2.75) is 12.5 Å². The summed E-state index contributed by atoms with van der Waals surface area (Å²) in [6, 6.07) is 0.631. The predicted octanol–water partition coefficient (Wildman–Crippen LogP) is -0.356. The summed E-state index contributed by atoms with van der Waals surface area (Å²) < 4.78 is 0. The van der Waals surface area contributed by atoms with Crippen LogP contribution in [0.25, 0.3) is 0 Å². The average Bonchev–Trinajstić information content (AvgIpc) is 2.71. The van der Waals surface area contributed by atoms with Gasteiger partial charge in [0.1, 0.15) is 0 Å². The highest BCUT2D eigenvalue weighted by molar-refractivity contribution is 5.65. The van der Waals surface area contributed by atoms with E-state index >= 15 is 0 Å². The van der Waals surface area contributed by atoms with E-state index in [2.05, 4.69) is 10.2 Å². The van der Waals surface area contributed by atoms with Crippen LogP contribution < -0.4 is 5.32 Å². The monoisotopic (exact) mass is 199 g/mol. The van der Waals surface area contributed by atoms with E-state index in [9.17, 15) is 4.79 Å². The molecule has 0 unspecified atom stereocenters. The van der Waals surface area contributed by atoms with Gasteiger partial charge >= 0.3 is 6.09 Å². The molecular formula is C9H17N3O2. The second-order valence-electron chi connectivity index (χ2n) is 3.95. The van der Waals surface area contributed by atoms with Gasteiger partial charge in [0.25, 0.3) is 0 Å². The molecule has 2 N–H and O–H groups in total. The Balaban J connectivity index is 1.80. The standard InChI is InChI=1S/C9H17N3O2/c13-9(14)12-5-3-11(4-6-12)8-1-2-10-7-8/h8,10H,1-7H2,(H,13,14)/t8-/m1/s1. The van der Waals surface area contributed by atoms with Gasteiger partial charge in [0.15, 0.2) is 0 Å². The van der Waals surface area contributed by atoms with Crippen LogP contribution in [-0.4, -0.2) is 66.3 Å². The molecule has 5 nitrogen and oxygen atoms in total. The van der Waals surface area contributed by atoms with Crippen molar-refractivity contribution in [3.05, 3.63) is 0 Å². The SMILES string of the molecule is O=C(O)N1CCN([C@@H]2CCNC2)CC1. The predicted molar refractivity (Wildman–Crippen MR) is 52.4 cm³/mol. The molecule has 0 bridgehead atoms. The van der Waals surface area contributed by atoms with Gasteiger partial charge in [-0.3, -0.25) is 4.90 Å². The first-order valence-corrected chi connectivity index (χ1v) is 5.20. The molecule has 0 aromatic heterocycles. The lowest BCUT2D eigenvalue weighted by Crippen LogP contribution is -2.52. The zero-order valence-corrected chi connectivity index (χ0v) is 8.28. The Morgan fingerprint density at radius 3 is 2.50 bits per heavy atom. The normalized spacial score (nSPS) is 29.4. The van der Waals surface area contributed by atoms with Crippen LogP contribution in [0.4, 0.5) is 4.79 Å². The second kappa shape index (κ2) is 4.14. The van der Waals surface area contributed by atoms with Crippen LogP contribution in [0.3, 0.4) is 0 Å². The quantitative estimate of drug-likeness (QED) is 0.606. The molecule has 2 aliphatic heterocycles. The fourth-order valence-corrected chi connectivity index (χ4v) is 2.23. The highest BCUT2D eigenvalue weighted by Gasteiger charge is 2.27. The highest BCUT2D eigenvalue weighted by atomic mass is 16.4. The smallest absolute Gasteiger partial charge is 0.407 e. The van der Waals surface area contributed by atoms with Crippen LogP contribution in [0, 0.1) is 0 Å². The molecule has 2 fully saturated rings. The third kappa shape index (κ3) is 1.99. The molecule has 0 aromatic carbocycles. The van der Waals surface area contributed by atoms with Crippen molar-refractivity contribution in [3.8, 4) is 0 Å². The van der Waals surface area contributed by atoms with Crippen LogP contribution in [-0.2, 0) is 0 Å². The lowest BCUT2D eigenvalue weighted by Gasteiger charge is -2.36. The molecule has 14 heavy (non-hydrogen) atoms. The number of rotatable bonds is 1. The van der Waals surface area contributed by atoms with E-state index in [1.54, 1.807) is 0 Å². The number of nitrogens with zero attached hydrogens (tertiary/aromatic N) is 2. The van der Waals surface area contributed by atoms with Crippen molar-refractivity contribution in [1.82, 2.24) is 15.1 Å². The van der Waals surface area contributed by atoms with Crippen LogP contribution in [0.2, 0.25) is 0 Å². The number of hydrogen-bond acceptors (Lipinski definition) is 3. The van der Waals surface area contributed by atoms with Gasteiger partial charge < -0.3 is 15.3 Å². The minimum atomic E-state index is -0.783. The summed E-state index contributed by atoms with van der Waals surface area (Å²) in [6.45, 7) is 5.26. The molecule has 5 heteroatoms. The molecule has 0 saturated carbocycles. The maximum absolute atomic E-state index is 10.7. The molecule has 1 atom stereocenters. The van der Waals surface area contributed by atoms with E-state index in [-0.39, 0.29) is 0 Å². The van der Waals surface area contributed by atoms with Crippen LogP contribution >= 0.6 is 0 Å². The fraction of sp³-hybridized carbons (Fsp3) is 0.889. The first-order chi connectivity index (χ1) is 6.77. The summed E-state index contributed by atoms with van der Waals surface area (Å²) in [5, 5.41) is 12.1. The van der Waals surface area contributed by atoms with E-state index in [0.717, 1.165) is 26.2 Å². The third-order valence-electron chi connectivity index (χ3n) is 3.14. The van der Waals surface area contributed by atoms with Crippen molar-refractivity contribution < 1.29 is 9.90 Å². The maximum atomic E-state index is 10.7. The van der Waals surface area contributed by atoms with E-state index in [0.29, 0.717) is 19.1 Å². The van der Waals surface area contributed by atoms with Gasteiger partial charge in [-0.15, -0.1) is 0 Å². The van der Waals surface area contributed by atoms with Gasteiger partial charge in [-0.2, -0.15) is 0 Å². The molecule has 1 amide bonds. The Morgan fingerprint density at radius 2 is 2.00 bits per heavy atom. The molecule has 80 valence electrons. The molecule has 2 heterocycles. The summed E-state index contributed by atoms with van der Waals surface area (Å²) in [5.41, 5.74) is 0. The van der Waals surface area contributed by atoms with E-state index in [1.807, 2.05) is 0 Å². The molecule has 2 rings (SSSR count). The number of amides is 1. The summed E-state index contributed by atoms with van der Waals surface area (Å²) in [4.78, 5) is 14.6. The fourth-order valence-electron chi connectivity index (χ4n) is 2.23. The summed E-state index contributed by atoms with van der Waals surface area (Å²) in [6.07, 6.45) is 0.418. The topological polar surface area (TPSA) is 55.8 Å². The molecule has 2 aliphatic rings. The van der Waals surface area contributed by atoms with E-state index < -0.39 is 6.09 Å². The number of piperazine rings is 1. The van der Waals surface area contributed by atoms with Gasteiger partial charge in [-0.05, 0) is 13.0 Å². The zero-order chi connectivity index (χ0) is 9.97. The lowest BCUT2D eigenvalue weighted by atomic mass is 10.2. The highest BCUT2D eigenvalue weighted by Crippen LogP contribution is 2.11. The van der Waals surface area contributed by atoms with Gasteiger partial charge in [-0.1, -0.05) is 0 Å². The molecule has 2 saturated heterocycles. The molecule has 0 spiro atoms. The number of hydrogen-bond donors (Lipinski definition) is 2. The Hall–Kier alpha value is -0.810. The molecular weight excluding hydrogens is 182 g/mol. The average molecular weight is 199 g/mol. The Morgan fingerprint density at radius 1 is 1.29 bits per heavy atom. The number of carboxylic acid groups (broad SMARTS) is 1. The number of carbonyl (C=O) groups is 1. The lowest BCUT2D eigenvalue weighted by molar-refractivity contribution is 0.0891. The van der Waals surface area contributed by atoms with Gasteiger partial charge in [-0.25, -0.2) is 4.79 Å². The van der Waals surface area contributed by atoms with Crippen LogP contribution in [0.15, 0.2) is 0 Å². The Bertz CT molecular complexity index is 208. The minimum Gasteiger partial charge on any atom is -0.465 e. The van der Waals surface area contributed by atoms with Crippen molar-refractivity contribution in [1.29, 1.82) is 0 Å². The zero-order valence-electron chi connectivity index (χ0n) is 8.28. The van der Waals surface area contributed by atoms with Gasteiger partial charge in [0.2, 0.25) is 0 Å². The number of nitrogens with one attached hydrogen (secondary N) is 1.